The van der Waals surface area contributed by atoms with Crippen LogP contribution in [0.5, 0.6) is 0 Å². The summed E-state index contributed by atoms with van der Waals surface area (Å²) >= 11 is 0. The molecule has 2 heterocycles. The number of rotatable bonds is 4. The average molecular weight is 242 g/mol. The molecule has 2 rings (SSSR count). The molecule has 0 unspecified atom stereocenters. The highest BCUT2D eigenvalue weighted by atomic mass is 35.5. The van der Waals surface area contributed by atoms with Crippen LogP contribution in [0.2, 0.25) is 0 Å². The van der Waals surface area contributed by atoms with Crippen molar-refractivity contribution in [3.63, 3.8) is 0 Å². The van der Waals surface area contributed by atoms with E-state index in [1.54, 1.807) is 12.4 Å². The number of aryl methyl sites for hydroxylation is 2. The molecule has 0 saturated heterocycles. The van der Waals surface area contributed by atoms with E-state index >= 15 is 0 Å². The van der Waals surface area contributed by atoms with Gasteiger partial charge in [-0.05, 0) is 12.1 Å². The van der Waals surface area contributed by atoms with Crippen molar-refractivity contribution in [2.24, 2.45) is 14.1 Å². The highest BCUT2D eigenvalue weighted by Crippen LogP contribution is 1.98. The Kier molecular flexibility index (Phi) is 4.52. The molecule has 0 spiro atoms. The van der Waals surface area contributed by atoms with Crippen LogP contribution in [0.1, 0.15) is 11.4 Å². The topological polar surface area (TPSA) is 47.7 Å². The summed E-state index contributed by atoms with van der Waals surface area (Å²) in [6, 6.07) is 4.02. The zero-order chi connectivity index (χ0) is 10.7. The zero-order valence-electron chi connectivity index (χ0n) is 9.42. The summed E-state index contributed by atoms with van der Waals surface area (Å²) in [5.41, 5.74) is 2.36. The van der Waals surface area contributed by atoms with Crippen LogP contribution in [-0.4, -0.2) is 19.6 Å². The Bertz CT molecular complexity index is 394. The Balaban J connectivity index is 0.00000128. The summed E-state index contributed by atoms with van der Waals surface area (Å²) in [4.78, 5) is 0. The van der Waals surface area contributed by atoms with E-state index in [-0.39, 0.29) is 12.4 Å². The Hall–Kier alpha value is -1.33. The van der Waals surface area contributed by atoms with Gasteiger partial charge in [-0.25, -0.2) is 0 Å². The SMILES string of the molecule is Cl.Cn1nccc1CNCc1ccnn1C. The van der Waals surface area contributed by atoms with E-state index in [1.165, 1.54) is 11.4 Å². The molecule has 0 bridgehead atoms. The molecule has 0 radical (unpaired) electrons. The molecule has 5 nitrogen and oxygen atoms in total. The molecule has 0 atom stereocenters. The summed E-state index contributed by atoms with van der Waals surface area (Å²) in [6.45, 7) is 1.64. The number of hydrogen-bond donors (Lipinski definition) is 1. The largest absolute Gasteiger partial charge is 0.306 e. The lowest BCUT2D eigenvalue weighted by Crippen LogP contribution is -2.17. The highest BCUT2D eigenvalue weighted by molar-refractivity contribution is 5.85. The van der Waals surface area contributed by atoms with Crippen LogP contribution in [-0.2, 0) is 27.2 Å². The molecule has 0 aliphatic heterocycles. The first-order valence-corrected chi connectivity index (χ1v) is 4.92. The van der Waals surface area contributed by atoms with Gasteiger partial charge in [0.15, 0.2) is 0 Å². The first-order valence-electron chi connectivity index (χ1n) is 4.92. The lowest BCUT2D eigenvalue weighted by Gasteiger charge is -2.05. The van der Waals surface area contributed by atoms with E-state index < -0.39 is 0 Å². The van der Waals surface area contributed by atoms with Crippen molar-refractivity contribution in [1.82, 2.24) is 24.9 Å². The third kappa shape index (κ3) is 2.84. The molecule has 0 saturated carbocycles. The summed E-state index contributed by atoms with van der Waals surface area (Å²) in [5.74, 6) is 0. The molecule has 2 aromatic heterocycles. The van der Waals surface area contributed by atoms with Gasteiger partial charge in [0.05, 0.1) is 11.4 Å². The average Bonchev–Trinajstić information content (AvgIpc) is 2.78. The third-order valence-corrected chi connectivity index (χ3v) is 2.46. The molecule has 2 aromatic rings. The van der Waals surface area contributed by atoms with Crippen LogP contribution in [0.15, 0.2) is 24.5 Å². The van der Waals surface area contributed by atoms with Gasteiger partial charge in [-0.1, -0.05) is 0 Å². The fraction of sp³-hybridized carbons (Fsp3) is 0.400. The van der Waals surface area contributed by atoms with Crippen LogP contribution < -0.4 is 5.32 Å². The van der Waals surface area contributed by atoms with Crippen molar-refractivity contribution < 1.29 is 0 Å². The van der Waals surface area contributed by atoms with Crippen molar-refractivity contribution in [2.75, 3.05) is 0 Å². The second kappa shape index (κ2) is 5.67. The van der Waals surface area contributed by atoms with Crippen molar-refractivity contribution in [3.8, 4) is 0 Å². The molecular formula is C10H16ClN5. The van der Waals surface area contributed by atoms with E-state index in [4.69, 9.17) is 0 Å². The smallest absolute Gasteiger partial charge is 0.0518 e. The third-order valence-electron chi connectivity index (χ3n) is 2.46. The Morgan fingerprint density at radius 1 is 1.00 bits per heavy atom. The van der Waals surface area contributed by atoms with Gasteiger partial charge in [0.25, 0.3) is 0 Å². The van der Waals surface area contributed by atoms with Gasteiger partial charge in [-0.3, -0.25) is 9.36 Å². The van der Waals surface area contributed by atoms with Crippen LogP contribution in [0.4, 0.5) is 0 Å². The van der Waals surface area contributed by atoms with Crippen LogP contribution >= 0.6 is 12.4 Å². The Labute approximate surface area is 101 Å². The minimum atomic E-state index is 0. The van der Waals surface area contributed by atoms with Gasteiger partial charge < -0.3 is 5.32 Å². The lowest BCUT2D eigenvalue weighted by molar-refractivity contribution is 0.595. The minimum Gasteiger partial charge on any atom is -0.306 e. The zero-order valence-corrected chi connectivity index (χ0v) is 10.2. The van der Waals surface area contributed by atoms with Crippen molar-refractivity contribution >= 4 is 12.4 Å². The van der Waals surface area contributed by atoms with E-state index in [9.17, 15) is 0 Å². The van der Waals surface area contributed by atoms with Gasteiger partial charge in [0, 0.05) is 39.6 Å². The number of nitrogens with zero attached hydrogens (tertiary/aromatic N) is 4. The maximum atomic E-state index is 4.11. The first kappa shape index (κ1) is 12.7. The van der Waals surface area contributed by atoms with Crippen molar-refractivity contribution in [3.05, 3.63) is 35.9 Å². The van der Waals surface area contributed by atoms with Crippen molar-refractivity contribution in [1.29, 1.82) is 0 Å². The Morgan fingerprint density at radius 3 is 1.75 bits per heavy atom. The van der Waals surface area contributed by atoms with Gasteiger partial charge in [-0.15, -0.1) is 12.4 Å². The molecule has 1 N–H and O–H groups in total. The number of aromatic nitrogens is 4. The quantitative estimate of drug-likeness (QED) is 0.864. The summed E-state index contributed by atoms with van der Waals surface area (Å²) in [7, 11) is 3.89. The minimum absolute atomic E-state index is 0. The molecule has 0 aliphatic carbocycles. The van der Waals surface area contributed by atoms with Gasteiger partial charge in [-0.2, -0.15) is 10.2 Å². The molecule has 16 heavy (non-hydrogen) atoms. The molecular weight excluding hydrogens is 226 g/mol. The number of nitrogens with one attached hydrogen (secondary N) is 1. The summed E-state index contributed by atoms with van der Waals surface area (Å²) in [5, 5.41) is 11.6. The lowest BCUT2D eigenvalue weighted by atomic mass is 10.4. The normalized spacial score (nSPS) is 10.1. The Morgan fingerprint density at radius 2 is 1.44 bits per heavy atom. The maximum Gasteiger partial charge on any atom is 0.0518 e. The van der Waals surface area contributed by atoms with E-state index in [2.05, 4.69) is 15.5 Å². The maximum absolute atomic E-state index is 4.11. The second-order valence-electron chi connectivity index (χ2n) is 3.50. The van der Waals surface area contributed by atoms with Gasteiger partial charge >= 0.3 is 0 Å². The summed E-state index contributed by atoms with van der Waals surface area (Å²) < 4.78 is 3.74. The molecule has 0 amide bonds. The van der Waals surface area contributed by atoms with Crippen LogP contribution in [0, 0.1) is 0 Å². The number of hydrogen-bond acceptors (Lipinski definition) is 3. The highest BCUT2D eigenvalue weighted by Gasteiger charge is 2.00. The van der Waals surface area contributed by atoms with Crippen LogP contribution in [0.25, 0.3) is 0 Å². The van der Waals surface area contributed by atoms with Gasteiger partial charge in [0.2, 0.25) is 0 Å². The fourth-order valence-corrected chi connectivity index (χ4v) is 1.47. The molecule has 6 heteroatoms. The van der Waals surface area contributed by atoms with Crippen molar-refractivity contribution in [2.45, 2.75) is 13.1 Å². The van der Waals surface area contributed by atoms with E-state index in [0.29, 0.717) is 0 Å². The molecule has 0 aliphatic rings. The predicted octanol–water partition coefficient (Wildman–Crippen LogP) is 0.865. The predicted molar refractivity (Wildman–Crippen MR) is 64.2 cm³/mol. The van der Waals surface area contributed by atoms with Crippen LogP contribution in [0.3, 0.4) is 0 Å². The van der Waals surface area contributed by atoms with E-state index in [0.717, 1.165) is 13.1 Å². The van der Waals surface area contributed by atoms with Gasteiger partial charge in [0.1, 0.15) is 0 Å². The second-order valence-corrected chi connectivity index (χ2v) is 3.50. The molecule has 88 valence electrons. The number of halogens is 1. The molecule has 0 aromatic carbocycles. The van der Waals surface area contributed by atoms with E-state index in [1.807, 2.05) is 35.6 Å². The summed E-state index contributed by atoms with van der Waals surface area (Å²) in [6.07, 6.45) is 3.61. The fourth-order valence-electron chi connectivity index (χ4n) is 1.47. The first-order chi connectivity index (χ1) is 7.27. The monoisotopic (exact) mass is 241 g/mol. The molecule has 0 fully saturated rings. The standard InChI is InChI=1S/C10H15N5.ClH/c1-14-9(3-5-12-14)7-11-8-10-4-6-13-15(10)2;/h3-6,11H,7-8H2,1-2H3;1H.